The van der Waals surface area contributed by atoms with E-state index < -0.39 is 36.9 Å². The van der Waals surface area contributed by atoms with Crippen molar-refractivity contribution in [2.75, 3.05) is 36.0 Å². The van der Waals surface area contributed by atoms with Crippen molar-refractivity contribution in [3.8, 4) is 0 Å². The topological polar surface area (TPSA) is 82.6 Å². The molecule has 0 spiro atoms. The fourth-order valence-electron chi connectivity index (χ4n) is 4.25. The molecule has 3 heterocycles. The molecular formula is C22H28F2N4O3SSi. The third-order valence-corrected chi connectivity index (χ3v) is 10.9. The molecule has 0 atom stereocenters. The third kappa shape index (κ3) is 5.25. The first-order chi connectivity index (χ1) is 15.5. The van der Waals surface area contributed by atoms with Crippen LogP contribution in [0.25, 0.3) is 0 Å². The standard InChI is InChI=1S/C22H28F2N4O3SSi/c1-33(2)14-13-27(16-33)20-19(7-4-10-25-20)21(29)26-17-5-3-6-18(15-17)32(30,31)28-11-8-22(23,24)9-12-28/h3-7,10,15H,8-9,11-14,16H2,1-2H3,(H,26,29). The Kier molecular flexibility index (Phi) is 6.32. The summed E-state index contributed by atoms with van der Waals surface area (Å²) in [6.07, 6.45) is 1.59. The van der Waals surface area contributed by atoms with Crippen molar-refractivity contribution in [3.05, 3.63) is 48.2 Å². The summed E-state index contributed by atoms with van der Waals surface area (Å²) in [5, 5.41) is 2.77. The molecule has 4 rings (SSSR count). The molecule has 1 aromatic carbocycles. The smallest absolute Gasteiger partial charge is 0.259 e. The van der Waals surface area contributed by atoms with Crippen molar-refractivity contribution in [1.82, 2.24) is 9.29 Å². The Hall–Kier alpha value is -2.37. The lowest BCUT2D eigenvalue weighted by Crippen LogP contribution is -2.42. The van der Waals surface area contributed by atoms with Gasteiger partial charge in [-0.2, -0.15) is 4.31 Å². The molecular weight excluding hydrogens is 466 g/mol. The highest BCUT2D eigenvalue weighted by molar-refractivity contribution is 7.89. The number of nitrogens with zero attached hydrogens (tertiary/aromatic N) is 3. The fraction of sp³-hybridized carbons (Fsp3) is 0.455. The molecule has 2 aliphatic rings. The van der Waals surface area contributed by atoms with Crippen LogP contribution in [-0.4, -0.2) is 63.4 Å². The number of anilines is 2. The Morgan fingerprint density at radius 2 is 1.85 bits per heavy atom. The van der Waals surface area contributed by atoms with Crippen LogP contribution in [0.1, 0.15) is 23.2 Å². The van der Waals surface area contributed by atoms with Crippen LogP contribution in [-0.2, 0) is 10.0 Å². The molecule has 2 fully saturated rings. The van der Waals surface area contributed by atoms with Gasteiger partial charge in [-0.25, -0.2) is 22.2 Å². The van der Waals surface area contributed by atoms with Crippen LogP contribution in [0, 0.1) is 0 Å². The molecule has 0 saturated carbocycles. The van der Waals surface area contributed by atoms with Crippen molar-refractivity contribution in [2.45, 2.75) is 42.8 Å². The van der Waals surface area contributed by atoms with Crippen LogP contribution in [0.3, 0.4) is 0 Å². The molecule has 0 aliphatic carbocycles. The monoisotopic (exact) mass is 494 g/mol. The summed E-state index contributed by atoms with van der Waals surface area (Å²) in [5.41, 5.74) is 0.741. The minimum absolute atomic E-state index is 0.0378. The molecule has 178 valence electrons. The van der Waals surface area contributed by atoms with Crippen molar-refractivity contribution >= 4 is 35.5 Å². The van der Waals surface area contributed by atoms with Crippen molar-refractivity contribution in [1.29, 1.82) is 0 Å². The Bertz CT molecular complexity index is 1150. The number of sulfonamides is 1. The number of carbonyl (C=O) groups excluding carboxylic acids is 1. The number of hydrogen-bond acceptors (Lipinski definition) is 5. The van der Waals surface area contributed by atoms with Gasteiger partial charge < -0.3 is 10.2 Å². The third-order valence-electron chi connectivity index (χ3n) is 6.19. The Morgan fingerprint density at radius 3 is 2.52 bits per heavy atom. The van der Waals surface area contributed by atoms with E-state index in [0.29, 0.717) is 17.1 Å². The van der Waals surface area contributed by atoms with Gasteiger partial charge in [0.25, 0.3) is 11.8 Å². The van der Waals surface area contributed by atoms with Crippen LogP contribution in [0.15, 0.2) is 47.5 Å². The van der Waals surface area contributed by atoms with Crippen molar-refractivity contribution < 1.29 is 22.0 Å². The second kappa shape index (κ2) is 8.77. The largest absolute Gasteiger partial charge is 0.359 e. The number of hydrogen-bond donors (Lipinski definition) is 1. The first kappa shape index (κ1) is 23.8. The maximum atomic E-state index is 13.4. The number of halogens is 2. The van der Waals surface area contributed by atoms with Crippen LogP contribution >= 0.6 is 0 Å². The zero-order valence-corrected chi connectivity index (χ0v) is 20.5. The molecule has 33 heavy (non-hydrogen) atoms. The van der Waals surface area contributed by atoms with Gasteiger partial charge in [-0.05, 0) is 36.4 Å². The molecule has 2 aliphatic heterocycles. The lowest BCUT2D eigenvalue weighted by Gasteiger charge is -2.31. The van der Waals surface area contributed by atoms with E-state index in [-0.39, 0.29) is 23.9 Å². The zero-order chi connectivity index (χ0) is 23.9. The molecule has 0 unspecified atom stereocenters. The van der Waals surface area contributed by atoms with Gasteiger partial charge in [0, 0.05) is 50.5 Å². The van der Waals surface area contributed by atoms with Gasteiger partial charge in [-0.15, -0.1) is 0 Å². The number of piperidine rings is 1. The maximum Gasteiger partial charge on any atom is 0.259 e. The Labute approximate surface area is 193 Å². The van der Waals surface area contributed by atoms with E-state index >= 15 is 0 Å². The van der Waals surface area contributed by atoms with Gasteiger partial charge in [0.05, 0.1) is 18.5 Å². The van der Waals surface area contributed by atoms with E-state index in [4.69, 9.17) is 0 Å². The summed E-state index contributed by atoms with van der Waals surface area (Å²) in [4.78, 5) is 19.6. The van der Waals surface area contributed by atoms with Gasteiger partial charge in [0.2, 0.25) is 10.0 Å². The number of nitrogens with one attached hydrogen (secondary N) is 1. The predicted octanol–water partition coefficient (Wildman–Crippen LogP) is 3.82. The molecule has 2 aromatic rings. The Balaban J connectivity index is 1.52. The number of benzene rings is 1. The van der Waals surface area contributed by atoms with Crippen LogP contribution < -0.4 is 10.2 Å². The normalized spacial score (nSPS) is 20.5. The SMILES string of the molecule is C[Si]1(C)CCN(c2ncccc2C(=O)Nc2cccc(S(=O)(=O)N3CCC(F)(F)CC3)c2)C1. The van der Waals surface area contributed by atoms with Gasteiger partial charge in [0.15, 0.2) is 0 Å². The van der Waals surface area contributed by atoms with E-state index in [9.17, 15) is 22.0 Å². The number of carbonyl (C=O) groups is 1. The summed E-state index contributed by atoms with van der Waals surface area (Å²) >= 11 is 0. The first-order valence-electron chi connectivity index (χ1n) is 11.0. The van der Waals surface area contributed by atoms with Gasteiger partial charge in [0.1, 0.15) is 5.82 Å². The second-order valence-electron chi connectivity index (χ2n) is 9.45. The second-order valence-corrected chi connectivity index (χ2v) is 16.5. The highest BCUT2D eigenvalue weighted by Gasteiger charge is 2.38. The fourth-order valence-corrected chi connectivity index (χ4v) is 8.12. The molecule has 0 bridgehead atoms. The summed E-state index contributed by atoms with van der Waals surface area (Å²) in [7, 11) is -5.27. The highest BCUT2D eigenvalue weighted by atomic mass is 32.2. The maximum absolute atomic E-state index is 13.4. The van der Waals surface area contributed by atoms with Crippen LogP contribution in [0.5, 0.6) is 0 Å². The number of amides is 1. The molecule has 2 saturated heterocycles. The number of pyridine rings is 1. The van der Waals surface area contributed by atoms with E-state index in [1.807, 2.05) is 0 Å². The summed E-state index contributed by atoms with van der Waals surface area (Å²) in [6, 6.07) is 10.4. The van der Waals surface area contributed by atoms with E-state index in [2.05, 4.69) is 28.3 Å². The first-order valence-corrected chi connectivity index (χ1v) is 15.8. The van der Waals surface area contributed by atoms with E-state index in [1.165, 1.54) is 18.2 Å². The quantitative estimate of drug-likeness (QED) is 0.639. The number of alkyl halides is 2. The molecule has 7 nitrogen and oxygen atoms in total. The molecule has 1 amide bonds. The van der Waals surface area contributed by atoms with Crippen molar-refractivity contribution in [3.63, 3.8) is 0 Å². The van der Waals surface area contributed by atoms with E-state index in [0.717, 1.165) is 23.1 Å². The predicted molar refractivity (Wildman–Crippen MR) is 126 cm³/mol. The van der Waals surface area contributed by atoms with Gasteiger partial charge in [-0.3, -0.25) is 4.79 Å². The minimum atomic E-state index is -3.94. The highest BCUT2D eigenvalue weighted by Crippen LogP contribution is 2.32. The average molecular weight is 495 g/mol. The van der Waals surface area contributed by atoms with Crippen LogP contribution in [0.4, 0.5) is 20.3 Å². The lowest BCUT2D eigenvalue weighted by molar-refractivity contribution is -0.0412. The summed E-state index contributed by atoms with van der Waals surface area (Å²) in [5.74, 6) is -2.58. The molecule has 1 N–H and O–H groups in total. The number of aromatic nitrogens is 1. The summed E-state index contributed by atoms with van der Waals surface area (Å²) in [6.45, 7) is 5.01. The van der Waals surface area contributed by atoms with Crippen LogP contribution in [0.2, 0.25) is 19.1 Å². The van der Waals surface area contributed by atoms with Gasteiger partial charge >= 0.3 is 0 Å². The Morgan fingerprint density at radius 1 is 1.12 bits per heavy atom. The molecule has 0 radical (unpaired) electrons. The summed E-state index contributed by atoms with van der Waals surface area (Å²) < 4.78 is 53.9. The average Bonchev–Trinajstić information content (AvgIpc) is 3.13. The zero-order valence-electron chi connectivity index (χ0n) is 18.7. The number of rotatable bonds is 5. The van der Waals surface area contributed by atoms with E-state index in [1.54, 1.807) is 24.4 Å². The van der Waals surface area contributed by atoms with Crippen molar-refractivity contribution in [2.24, 2.45) is 0 Å². The lowest BCUT2D eigenvalue weighted by atomic mass is 10.1. The molecule has 11 heteroatoms. The minimum Gasteiger partial charge on any atom is -0.359 e. The molecule has 1 aromatic heterocycles. The van der Waals surface area contributed by atoms with Gasteiger partial charge in [-0.1, -0.05) is 19.2 Å².